The predicted octanol–water partition coefficient (Wildman–Crippen LogP) is 6.49. The third kappa shape index (κ3) is 14.9. The molecule has 0 aliphatic rings. The van der Waals surface area contributed by atoms with Crippen molar-refractivity contribution in [2.24, 2.45) is 0 Å². The summed E-state index contributed by atoms with van der Waals surface area (Å²) in [6.45, 7) is 4.63. The van der Waals surface area contributed by atoms with Crippen molar-refractivity contribution in [2.75, 3.05) is 45.9 Å². The summed E-state index contributed by atoms with van der Waals surface area (Å²) in [7, 11) is -5.49. The number of carbonyl (C=O) groups excluding carboxylic acids is 2. The second-order valence-electron chi connectivity index (χ2n) is 11.9. The molecule has 302 valence electrons. The highest BCUT2D eigenvalue weighted by atomic mass is 35.5. The van der Waals surface area contributed by atoms with Gasteiger partial charge in [0.1, 0.15) is 11.4 Å². The molecule has 0 fully saturated rings. The lowest BCUT2D eigenvalue weighted by Gasteiger charge is -2.19. The number of pyridine rings is 2. The van der Waals surface area contributed by atoms with Crippen molar-refractivity contribution >= 4 is 67.0 Å². The Hall–Kier alpha value is -4.01. The summed E-state index contributed by atoms with van der Waals surface area (Å²) in [4.78, 5) is 35.6. The van der Waals surface area contributed by atoms with E-state index in [1.54, 1.807) is 75.3 Å². The van der Waals surface area contributed by atoms with Crippen LogP contribution in [0.15, 0.2) is 61.4 Å². The molecule has 4 heterocycles. The zero-order valence-corrected chi connectivity index (χ0v) is 33.1. The summed E-state index contributed by atoms with van der Waals surface area (Å²) in [5, 5.41) is 8.47. The number of hydrogen-bond donors (Lipinski definition) is 0. The lowest BCUT2D eigenvalue weighted by atomic mass is 10.3. The van der Waals surface area contributed by atoms with Crippen molar-refractivity contribution in [2.45, 2.75) is 58.6 Å². The minimum absolute atomic E-state index is 0.0764. The monoisotopic (exact) mass is 856 g/mol. The molecule has 4 aromatic heterocycles. The zero-order valence-electron chi connectivity index (χ0n) is 29.9. The van der Waals surface area contributed by atoms with Crippen molar-refractivity contribution in [3.05, 3.63) is 71.8 Å². The molecular weight excluding hydrogens is 818 g/mol. The van der Waals surface area contributed by atoms with Gasteiger partial charge in [-0.2, -0.15) is 23.4 Å². The van der Waals surface area contributed by atoms with Gasteiger partial charge in [-0.1, -0.05) is 23.2 Å². The molecule has 4 rings (SSSR count). The van der Waals surface area contributed by atoms with E-state index in [-0.39, 0.29) is 47.9 Å². The van der Waals surface area contributed by atoms with Crippen molar-refractivity contribution in [1.29, 1.82) is 0 Å². The van der Waals surface area contributed by atoms with Crippen LogP contribution in [0.5, 0.6) is 0 Å². The Bertz CT molecular complexity index is 2000. The largest absolute Gasteiger partial charge is 0.390 e. The highest BCUT2D eigenvalue weighted by Crippen LogP contribution is 2.28. The van der Waals surface area contributed by atoms with Crippen molar-refractivity contribution in [3.8, 4) is 11.4 Å². The fourth-order valence-electron chi connectivity index (χ4n) is 4.74. The molecule has 0 aliphatic carbocycles. The molecule has 0 aromatic carbocycles. The second-order valence-corrected chi connectivity index (χ2v) is 16.6. The first-order valence-corrected chi connectivity index (χ1v) is 20.7. The van der Waals surface area contributed by atoms with E-state index in [2.05, 4.69) is 20.2 Å². The lowest BCUT2D eigenvalue weighted by Crippen LogP contribution is -2.32. The van der Waals surface area contributed by atoms with Gasteiger partial charge >= 0.3 is 6.18 Å². The molecular formula is C33H39Cl2F5N8O5S2. The molecule has 0 saturated heterocycles. The molecule has 0 aliphatic heterocycles. The average molecular weight is 858 g/mol. The first-order chi connectivity index (χ1) is 25.7. The van der Waals surface area contributed by atoms with Gasteiger partial charge in [0.15, 0.2) is 20.1 Å². The van der Waals surface area contributed by atoms with Crippen LogP contribution in [-0.4, -0.2) is 102 Å². The van der Waals surface area contributed by atoms with Crippen LogP contribution < -0.4 is 9.80 Å². The quantitative estimate of drug-likeness (QED) is 0.109. The summed E-state index contributed by atoms with van der Waals surface area (Å²) >= 11 is 12.3. The fourth-order valence-corrected chi connectivity index (χ4v) is 7.63. The Kier molecular flexibility index (Phi) is 16.7. The minimum Gasteiger partial charge on any atom is -0.308 e. The molecule has 4 aromatic rings. The van der Waals surface area contributed by atoms with E-state index in [4.69, 9.17) is 23.2 Å². The van der Waals surface area contributed by atoms with Gasteiger partial charge in [0, 0.05) is 67.1 Å². The summed E-state index contributed by atoms with van der Waals surface area (Å²) in [6, 6.07) is 6.97. The normalized spacial score (nSPS) is 12.5. The van der Waals surface area contributed by atoms with Crippen LogP contribution in [0, 0.1) is 0 Å². The topological polar surface area (TPSA) is 153 Å². The van der Waals surface area contributed by atoms with E-state index >= 15 is 0 Å². The van der Waals surface area contributed by atoms with Crippen LogP contribution in [0.1, 0.15) is 46.5 Å². The Morgan fingerprint density at radius 3 is 1.65 bits per heavy atom. The van der Waals surface area contributed by atoms with Crippen LogP contribution in [0.3, 0.4) is 0 Å². The van der Waals surface area contributed by atoms with Crippen LogP contribution in [0.25, 0.3) is 11.4 Å². The first kappa shape index (κ1) is 45.4. The number of nitrogens with zero attached hydrogens (tertiary/aromatic N) is 8. The Morgan fingerprint density at radius 1 is 0.782 bits per heavy atom. The van der Waals surface area contributed by atoms with Crippen LogP contribution in [0.2, 0.25) is 10.3 Å². The number of alkyl halides is 5. The zero-order chi connectivity index (χ0) is 41.0. The predicted molar refractivity (Wildman–Crippen MR) is 200 cm³/mol. The van der Waals surface area contributed by atoms with Gasteiger partial charge in [-0.25, -0.2) is 26.6 Å². The summed E-state index contributed by atoms with van der Waals surface area (Å²) in [5.41, 5.74) is 1.99. The van der Waals surface area contributed by atoms with Gasteiger partial charge < -0.3 is 9.80 Å². The fraction of sp³-hybridized carbons (Fsp3) is 0.455. The SMILES string of the molecule is CCN(C(=O)CCS(=O)(=O)CCC(C)(F)F)c1cn(-c2cccnc2)nc1Cl.CCN(C(=O)CCS(=O)CCC(F)(F)F)c1cn(-c2cccnc2)nc1Cl. The van der Waals surface area contributed by atoms with E-state index in [1.165, 1.54) is 19.2 Å². The molecule has 2 amide bonds. The number of carbonyl (C=O) groups is 2. The number of aromatic nitrogens is 6. The number of rotatable bonds is 17. The Balaban J connectivity index is 0.000000296. The lowest BCUT2D eigenvalue weighted by molar-refractivity contribution is -0.129. The van der Waals surface area contributed by atoms with Gasteiger partial charge in [0.2, 0.25) is 17.7 Å². The van der Waals surface area contributed by atoms with Gasteiger partial charge in [-0.05, 0) is 45.0 Å². The first-order valence-electron chi connectivity index (χ1n) is 16.7. The molecule has 0 spiro atoms. The van der Waals surface area contributed by atoms with Crippen molar-refractivity contribution < 1.29 is 44.2 Å². The van der Waals surface area contributed by atoms with E-state index in [9.17, 15) is 44.2 Å². The van der Waals surface area contributed by atoms with E-state index in [1.807, 2.05) is 0 Å². The van der Waals surface area contributed by atoms with Crippen molar-refractivity contribution in [1.82, 2.24) is 29.5 Å². The number of anilines is 2. The highest BCUT2D eigenvalue weighted by molar-refractivity contribution is 7.91. The summed E-state index contributed by atoms with van der Waals surface area (Å²) in [6.07, 6.45) is 2.74. The van der Waals surface area contributed by atoms with Crippen LogP contribution >= 0.6 is 23.2 Å². The smallest absolute Gasteiger partial charge is 0.308 e. The summed E-state index contributed by atoms with van der Waals surface area (Å²) < 4.78 is 101. The summed E-state index contributed by atoms with van der Waals surface area (Å²) in [5.74, 6) is -5.77. The van der Waals surface area contributed by atoms with Gasteiger partial charge in [-0.3, -0.25) is 23.8 Å². The molecule has 0 N–H and O–H groups in total. The second kappa shape index (κ2) is 20.2. The maximum absolute atomic E-state index is 12.9. The van der Waals surface area contributed by atoms with Crippen LogP contribution in [0.4, 0.5) is 33.3 Å². The molecule has 0 bridgehead atoms. The maximum Gasteiger partial charge on any atom is 0.390 e. The number of amides is 2. The van der Waals surface area contributed by atoms with Crippen LogP contribution in [-0.2, 0) is 30.2 Å². The molecule has 1 atom stereocenters. The van der Waals surface area contributed by atoms with Gasteiger partial charge in [-0.15, -0.1) is 0 Å². The Morgan fingerprint density at radius 2 is 1.25 bits per heavy atom. The van der Waals surface area contributed by atoms with E-state index in [0.29, 0.717) is 29.7 Å². The standard InChI is InChI=1S/C17H21ClF2N4O3S.C16H18ClF3N4O2S/c1-3-23(15(25)6-9-28(26,27)10-7-17(2,19)20)14-12-24(22-16(14)18)13-5-4-8-21-11-13;1-2-23(14(25)5-8-27(26)9-6-16(18,19)20)13-11-24(22-15(13)17)12-4-3-7-21-10-12/h4-5,8,11-12H,3,6-7,9-10H2,1-2H3;3-4,7,10-11H,2,5-6,8-9H2,1H3. The molecule has 22 heteroatoms. The molecule has 0 radical (unpaired) electrons. The highest BCUT2D eigenvalue weighted by Gasteiger charge is 2.29. The molecule has 55 heavy (non-hydrogen) atoms. The number of sulfone groups is 1. The number of hydrogen-bond acceptors (Lipinski definition) is 9. The average Bonchev–Trinajstić information content (AvgIpc) is 3.71. The minimum atomic E-state index is -4.36. The molecule has 13 nitrogen and oxygen atoms in total. The molecule has 0 saturated carbocycles. The molecule has 1 unspecified atom stereocenters. The maximum atomic E-state index is 12.9. The Labute approximate surface area is 327 Å². The van der Waals surface area contributed by atoms with E-state index in [0.717, 1.165) is 0 Å². The van der Waals surface area contributed by atoms with E-state index < -0.39 is 68.7 Å². The third-order valence-electron chi connectivity index (χ3n) is 7.58. The number of halogens is 7. The third-order valence-corrected chi connectivity index (χ3v) is 11.1. The van der Waals surface area contributed by atoms with Crippen molar-refractivity contribution in [3.63, 3.8) is 0 Å². The van der Waals surface area contributed by atoms with Gasteiger partial charge in [0.25, 0.3) is 0 Å². The van der Waals surface area contributed by atoms with Gasteiger partial charge in [0.05, 0.1) is 54.1 Å².